The zero-order chi connectivity index (χ0) is 12.3. The van der Waals surface area contributed by atoms with Gasteiger partial charge in [-0.3, -0.25) is 4.79 Å². The number of carbonyl (C=O) groups is 1. The Kier molecular flexibility index (Phi) is 3.45. The molecule has 0 spiro atoms. The van der Waals surface area contributed by atoms with Crippen molar-refractivity contribution in [2.75, 3.05) is 11.9 Å². The maximum atomic E-state index is 12.1. The second kappa shape index (κ2) is 4.85. The standard InChI is InChI=1S/C13H17NO3/c1-13(7-4-8-17-13)12(16)14-11-6-3-2-5-10(11)9-15/h2-3,5-6,15H,4,7-9H2,1H3,(H,14,16). The summed E-state index contributed by atoms with van der Waals surface area (Å²) in [5.41, 5.74) is 0.627. The monoisotopic (exact) mass is 235 g/mol. The van der Waals surface area contributed by atoms with E-state index in [0.29, 0.717) is 17.9 Å². The molecule has 1 atom stereocenters. The summed E-state index contributed by atoms with van der Waals surface area (Å²) in [5, 5.41) is 12.0. The summed E-state index contributed by atoms with van der Waals surface area (Å²) in [7, 11) is 0. The lowest BCUT2D eigenvalue weighted by Crippen LogP contribution is -2.39. The number of nitrogens with one attached hydrogen (secondary N) is 1. The minimum atomic E-state index is -0.734. The second-order valence-corrected chi connectivity index (χ2v) is 4.45. The third kappa shape index (κ3) is 2.48. The summed E-state index contributed by atoms with van der Waals surface area (Å²) in [6, 6.07) is 7.22. The van der Waals surface area contributed by atoms with Crippen molar-refractivity contribution in [3.63, 3.8) is 0 Å². The van der Waals surface area contributed by atoms with E-state index in [1.165, 1.54) is 0 Å². The Bertz CT molecular complexity index is 411. The highest BCUT2D eigenvalue weighted by Crippen LogP contribution is 2.27. The van der Waals surface area contributed by atoms with Crippen molar-refractivity contribution in [3.8, 4) is 0 Å². The fourth-order valence-corrected chi connectivity index (χ4v) is 1.99. The van der Waals surface area contributed by atoms with E-state index in [1.54, 1.807) is 19.1 Å². The summed E-state index contributed by atoms with van der Waals surface area (Å²) in [6.45, 7) is 2.34. The molecule has 92 valence electrons. The number of amides is 1. The summed E-state index contributed by atoms with van der Waals surface area (Å²) in [4.78, 5) is 12.1. The first kappa shape index (κ1) is 12.1. The maximum Gasteiger partial charge on any atom is 0.256 e. The highest BCUT2D eigenvalue weighted by Gasteiger charge is 2.37. The molecule has 0 bridgehead atoms. The van der Waals surface area contributed by atoms with Gasteiger partial charge in [0.25, 0.3) is 5.91 Å². The van der Waals surface area contributed by atoms with Gasteiger partial charge in [0.15, 0.2) is 0 Å². The molecule has 1 heterocycles. The molecule has 1 saturated heterocycles. The number of benzene rings is 1. The Hall–Kier alpha value is -1.39. The Morgan fingerprint density at radius 2 is 2.29 bits per heavy atom. The SMILES string of the molecule is CC1(C(=O)Nc2ccccc2CO)CCCO1. The number of aliphatic hydroxyl groups excluding tert-OH is 1. The zero-order valence-corrected chi connectivity index (χ0v) is 9.90. The molecule has 0 aromatic heterocycles. The molecule has 1 amide bonds. The Morgan fingerprint density at radius 1 is 1.53 bits per heavy atom. The van der Waals surface area contributed by atoms with Crippen molar-refractivity contribution in [1.29, 1.82) is 0 Å². The average molecular weight is 235 g/mol. The molecule has 2 rings (SSSR count). The number of hydrogen-bond donors (Lipinski definition) is 2. The van der Waals surface area contributed by atoms with Crippen LogP contribution >= 0.6 is 0 Å². The molecule has 0 radical (unpaired) electrons. The Morgan fingerprint density at radius 3 is 2.94 bits per heavy atom. The van der Waals surface area contributed by atoms with E-state index >= 15 is 0 Å². The predicted molar refractivity (Wildman–Crippen MR) is 64.6 cm³/mol. The highest BCUT2D eigenvalue weighted by molar-refractivity contribution is 5.97. The number of ether oxygens (including phenoxy) is 1. The molecule has 1 fully saturated rings. The van der Waals surface area contributed by atoms with Gasteiger partial charge >= 0.3 is 0 Å². The van der Waals surface area contributed by atoms with E-state index in [4.69, 9.17) is 4.74 Å². The topological polar surface area (TPSA) is 58.6 Å². The van der Waals surface area contributed by atoms with Crippen molar-refractivity contribution >= 4 is 11.6 Å². The molecule has 17 heavy (non-hydrogen) atoms. The summed E-state index contributed by atoms with van der Waals surface area (Å²) >= 11 is 0. The van der Waals surface area contributed by atoms with Crippen LogP contribution in [0.2, 0.25) is 0 Å². The number of aliphatic hydroxyl groups is 1. The molecule has 1 aromatic rings. The van der Waals surface area contributed by atoms with Crippen LogP contribution in [0.25, 0.3) is 0 Å². The Labute approximate surface area is 101 Å². The van der Waals surface area contributed by atoms with Crippen molar-refractivity contribution in [2.24, 2.45) is 0 Å². The molecule has 4 heteroatoms. The van der Waals surface area contributed by atoms with Crippen molar-refractivity contribution in [2.45, 2.75) is 32.0 Å². The first-order chi connectivity index (χ1) is 8.15. The van der Waals surface area contributed by atoms with Gasteiger partial charge in [0.05, 0.1) is 6.61 Å². The van der Waals surface area contributed by atoms with Crippen LogP contribution in [-0.4, -0.2) is 23.2 Å². The molecular formula is C13H17NO3. The van der Waals surface area contributed by atoms with Crippen LogP contribution in [-0.2, 0) is 16.1 Å². The fourth-order valence-electron chi connectivity index (χ4n) is 1.99. The van der Waals surface area contributed by atoms with E-state index in [-0.39, 0.29) is 12.5 Å². The highest BCUT2D eigenvalue weighted by atomic mass is 16.5. The molecule has 1 aliphatic rings. The number of rotatable bonds is 3. The van der Waals surface area contributed by atoms with Gasteiger partial charge in [-0.15, -0.1) is 0 Å². The molecule has 2 N–H and O–H groups in total. The van der Waals surface area contributed by atoms with Crippen LogP contribution < -0.4 is 5.32 Å². The van der Waals surface area contributed by atoms with Crippen molar-refractivity contribution in [1.82, 2.24) is 0 Å². The van der Waals surface area contributed by atoms with Gasteiger partial charge < -0.3 is 15.2 Å². The lowest BCUT2D eigenvalue weighted by Gasteiger charge is -2.22. The lowest BCUT2D eigenvalue weighted by molar-refractivity contribution is -0.133. The third-order valence-corrected chi connectivity index (χ3v) is 3.14. The van der Waals surface area contributed by atoms with Crippen LogP contribution in [0.15, 0.2) is 24.3 Å². The first-order valence-electron chi connectivity index (χ1n) is 5.80. The van der Waals surface area contributed by atoms with E-state index in [0.717, 1.165) is 12.8 Å². The van der Waals surface area contributed by atoms with Gasteiger partial charge in [0.2, 0.25) is 0 Å². The lowest BCUT2D eigenvalue weighted by atomic mass is 10.0. The van der Waals surface area contributed by atoms with Crippen molar-refractivity contribution < 1.29 is 14.6 Å². The summed E-state index contributed by atoms with van der Waals surface area (Å²) < 4.78 is 5.47. The number of para-hydroxylation sites is 1. The summed E-state index contributed by atoms with van der Waals surface area (Å²) in [5.74, 6) is -0.143. The van der Waals surface area contributed by atoms with Crippen LogP contribution in [0, 0.1) is 0 Å². The minimum absolute atomic E-state index is 0.0893. The van der Waals surface area contributed by atoms with Gasteiger partial charge in [0.1, 0.15) is 5.60 Å². The number of hydrogen-bond acceptors (Lipinski definition) is 3. The summed E-state index contributed by atoms with van der Waals surface area (Å²) in [6.07, 6.45) is 1.64. The van der Waals surface area contributed by atoms with Crippen LogP contribution in [0.1, 0.15) is 25.3 Å². The molecule has 4 nitrogen and oxygen atoms in total. The molecule has 0 saturated carbocycles. The second-order valence-electron chi connectivity index (χ2n) is 4.45. The third-order valence-electron chi connectivity index (χ3n) is 3.14. The van der Waals surface area contributed by atoms with Gasteiger partial charge in [-0.25, -0.2) is 0 Å². The van der Waals surface area contributed by atoms with Crippen LogP contribution in [0.3, 0.4) is 0 Å². The molecule has 1 aromatic carbocycles. The Balaban J connectivity index is 2.12. The number of carbonyl (C=O) groups excluding carboxylic acids is 1. The molecule has 0 aliphatic carbocycles. The van der Waals surface area contributed by atoms with Gasteiger partial charge in [0, 0.05) is 17.9 Å². The fraction of sp³-hybridized carbons (Fsp3) is 0.462. The quantitative estimate of drug-likeness (QED) is 0.838. The van der Waals surface area contributed by atoms with Gasteiger partial charge in [-0.05, 0) is 25.8 Å². The predicted octanol–water partition coefficient (Wildman–Crippen LogP) is 1.69. The van der Waals surface area contributed by atoms with Crippen LogP contribution in [0.5, 0.6) is 0 Å². The van der Waals surface area contributed by atoms with E-state index in [1.807, 2.05) is 12.1 Å². The van der Waals surface area contributed by atoms with E-state index in [9.17, 15) is 9.90 Å². The van der Waals surface area contributed by atoms with E-state index in [2.05, 4.69) is 5.32 Å². The molecule has 1 unspecified atom stereocenters. The van der Waals surface area contributed by atoms with Gasteiger partial charge in [-0.2, -0.15) is 0 Å². The average Bonchev–Trinajstić information content (AvgIpc) is 2.78. The van der Waals surface area contributed by atoms with Gasteiger partial charge in [-0.1, -0.05) is 18.2 Å². The minimum Gasteiger partial charge on any atom is -0.392 e. The largest absolute Gasteiger partial charge is 0.392 e. The normalized spacial score (nSPS) is 23.6. The van der Waals surface area contributed by atoms with E-state index < -0.39 is 5.60 Å². The zero-order valence-electron chi connectivity index (χ0n) is 9.90. The smallest absolute Gasteiger partial charge is 0.256 e. The molecular weight excluding hydrogens is 218 g/mol. The van der Waals surface area contributed by atoms with Crippen molar-refractivity contribution in [3.05, 3.63) is 29.8 Å². The molecule has 1 aliphatic heterocycles. The maximum absolute atomic E-state index is 12.1. The first-order valence-corrected chi connectivity index (χ1v) is 5.80. The number of anilines is 1. The van der Waals surface area contributed by atoms with Crippen LogP contribution in [0.4, 0.5) is 5.69 Å².